The molecule has 1 heterocycles. The molecule has 14 heavy (non-hydrogen) atoms. The van der Waals surface area contributed by atoms with Gasteiger partial charge in [0.15, 0.2) is 0 Å². The highest BCUT2D eigenvalue weighted by Gasteiger charge is 2.24. The summed E-state index contributed by atoms with van der Waals surface area (Å²) in [6.07, 6.45) is 6.57. The molecule has 0 aliphatic heterocycles. The largest absolute Gasteiger partial charge is 0.374 e. The summed E-state index contributed by atoms with van der Waals surface area (Å²) < 4.78 is 0. The van der Waals surface area contributed by atoms with Gasteiger partial charge in [-0.05, 0) is 18.8 Å². The number of anilines is 1. The number of rotatable bonds is 2. The molecule has 0 spiro atoms. The van der Waals surface area contributed by atoms with E-state index in [1.54, 1.807) is 11.3 Å². The highest BCUT2D eigenvalue weighted by Crippen LogP contribution is 2.38. The van der Waals surface area contributed by atoms with Gasteiger partial charge in [0.25, 0.3) is 0 Å². The number of aromatic nitrogens is 2. The van der Waals surface area contributed by atoms with E-state index in [4.69, 9.17) is 5.73 Å². The van der Waals surface area contributed by atoms with Gasteiger partial charge in [0, 0.05) is 5.92 Å². The molecular weight excluding hydrogens is 194 g/mol. The molecule has 0 amide bonds. The molecule has 2 N–H and O–H groups in total. The quantitative estimate of drug-likeness (QED) is 0.818. The van der Waals surface area contributed by atoms with Gasteiger partial charge in [-0.3, -0.25) is 0 Å². The van der Waals surface area contributed by atoms with Crippen LogP contribution in [-0.2, 0) is 0 Å². The van der Waals surface area contributed by atoms with Crippen molar-refractivity contribution >= 4 is 16.5 Å². The van der Waals surface area contributed by atoms with Crippen LogP contribution in [0.5, 0.6) is 0 Å². The zero-order valence-corrected chi connectivity index (χ0v) is 9.39. The van der Waals surface area contributed by atoms with Crippen LogP contribution in [0, 0.1) is 5.92 Å². The Balaban J connectivity index is 2.04. The summed E-state index contributed by atoms with van der Waals surface area (Å²) in [6.45, 7) is 2.28. The van der Waals surface area contributed by atoms with E-state index >= 15 is 0 Å². The molecule has 1 saturated carbocycles. The second kappa shape index (κ2) is 4.26. The molecule has 2 atom stereocenters. The van der Waals surface area contributed by atoms with E-state index < -0.39 is 0 Å². The van der Waals surface area contributed by atoms with Crippen LogP contribution >= 0.6 is 11.3 Å². The minimum atomic E-state index is 0.610. The molecule has 1 aromatic heterocycles. The van der Waals surface area contributed by atoms with Gasteiger partial charge in [-0.25, -0.2) is 0 Å². The Morgan fingerprint density at radius 1 is 1.43 bits per heavy atom. The first-order valence-electron chi connectivity index (χ1n) is 5.38. The van der Waals surface area contributed by atoms with Crippen LogP contribution in [0.1, 0.15) is 50.0 Å². The molecule has 3 nitrogen and oxygen atoms in total. The van der Waals surface area contributed by atoms with Gasteiger partial charge in [0.2, 0.25) is 5.13 Å². The number of hydrogen-bond acceptors (Lipinski definition) is 4. The van der Waals surface area contributed by atoms with Crippen molar-refractivity contribution < 1.29 is 0 Å². The lowest BCUT2D eigenvalue weighted by Gasteiger charge is -2.26. The van der Waals surface area contributed by atoms with Gasteiger partial charge < -0.3 is 5.73 Å². The summed E-state index contributed by atoms with van der Waals surface area (Å²) in [5.74, 6) is 1.52. The Morgan fingerprint density at radius 3 is 2.93 bits per heavy atom. The summed E-state index contributed by atoms with van der Waals surface area (Å²) in [5.41, 5.74) is 5.60. The molecule has 0 aromatic carbocycles. The van der Waals surface area contributed by atoms with E-state index in [0.29, 0.717) is 11.0 Å². The Labute approximate surface area is 88.7 Å². The maximum atomic E-state index is 5.60. The van der Waals surface area contributed by atoms with E-state index in [-0.39, 0.29) is 0 Å². The first-order chi connectivity index (χ1) is 6.79. The normalized spacial score (nSPS) is 27.8. The number of nitrogens with two attached hydrogens (primary N) is 1. The van der Waals surface area contributed by atoms with Gasteiger partial charge >= 0.3 is 0 Å². The van der Waals surface area contributed by atoms with E-state index in [9.17, 15) is 0 Å². The maximum absolute atomic E-state index is 5.60. The average Bonchev–Trinajstić information content (AvgIpc) is 2.65. The van der Waals surface area contributed by atoms with E-state index in [0.717, 1.165) is 10.9 Å². The first kappa shape index (κ1) is 9.90. The number of nitrogens with zero attached hydrogens (tertiary/aromatic N) is 2. The van der Waals surface area contributed by atoms with Gasteiger partial charge in [0.1, 0.15) is 5.01 Å². The average molecular weight is 211 g/mol. The first-order valence-corrected chi connectivity index (χ1v) is 6.20. The van der Waals surface area contributed by atoms with Crippen molar-refractivity contribution in [3.63, 3.8) is 0 Å². The van der Waals surface area contributed by atoms with Crippen molar-refractivity contribution in [3.8, 4) is 0 Å². The van der Waals surface area contributed by atoms with E-state index in [1.807, 2.05) is 0 Å². The Bertz CT molecular complexity index is 297. The second-order valence-electron chi connectivity index (χ2n) is 4.12. The van der Waals surface area contributed by atoms with Crippen LogP contribution in [0.4, 0.5) is 5.13 Å². The van der Waals surface area contributed by atoms with Crippen LogP contribution in [0.25, 0.3) is 0 Å². The molecule has 0 saturated heterocycles. The van der Waals surface area contributed by atoms with Crippen LogP contribution in [0.2, 0.25) is 0 Å². The fourth-order valence-corrected chi connectivity index (χ4v) is 3.06. The van der Waals surface area contributed by atoms with Crippen LogP contribution in [0.15, 0.2) is 0 Å². The zero-order valence-electron chi connectivity index (χ0n) is 8.57. The lowest BCUT2D eigenvalue weighted by molar-refractivity contribution is 0.313. The third-order valence-electron chi connectivity index (χ3n) is 3.17. The Kier molecular flexibility index (Phi) is 3.01. The van der Waals surface area contributed by atoms with Crippen molar-refractivity contribution in [2.45, 2.75) is 44.9 Å². The molecule has 0 bridgehead atoms. The summed E-state index contributed by atoms with van der Waals surface area (Å²) in [4.78, 5) is 0. The molecule has 2 rings (SSSR count). The van der Waals surface area contributed by atoms with Crippen molar-refractivity contribution in [2.75, 3.05) is 5.73 Å². The molecule has 1 aromatic rings. The number of nitrogen functional groups attached to an aromatic ring is 1. The lowest BCUT2D eigenvalue weighted by Crippen LogP contribution is -2.13. The fraction of sp³-hybridized carbons (Fsp3) is 0.800. The molecule has 1 aliphatic carbocycles. The van der Waals surface area contributed by atoms with Crippen molar-refractivity contribution in [1.29, 1.82) is 0 Å². The molecule has 0 radical (unpaired) electrons. The van der Waals surface area contributed by atoms with Gasteiger partial charge in [0.05, 0.1) is 0 Å². The Morgan fingerprint density at radius 2 is 2.29 bits per heavy atom. The molecular formula is C10H17N3S. The zero-order chi connectivity index (χ0) is 9.97. The molecule has 4 heteroatoms. The fourth-order valence-electron chi connectivity index (χ4n) is 2.30. The minimum Gasteiger partial charge on any atom is -0.374 e. The monoisotopic (exact) mass is 211 g/mol. The van der Waals surface area contributed by atoms with Gasteiger partial charge in [-0.15, -0.1) is 10.2 Å². The van der Waals surface area contributed by atoms with Gasteiger partial charge in [-0.2, -0.15) is 0 Å². The van der Waals surface area contributed by atoms with Gasteiger partial charge in [-0.1, -0.05) is 37.5 Å². The molecule has 2 unspecified atom stereocenters. The van der Waals surface area contributed by atoms with Crippen molar-refractivity contribution in [2.24, 2.45) is 5.92 Å². The molecule has 78 valence electrons. The van der Waals surface area contributed by atoms with Crippen LogP contribution < -0.4 is 5.73 Å². The Hall–Kier alpha value is -0.640. The topological polar surface area (TPSA) is 51.8 Å². The third kappa shape index (κ3) is 2.05. The highest BCUT2D eigenvalue weighted by atomic mass is 32.1. The highest BCUT2D eigenvalue weighted by molar-refractivity contribution is 7.15. The lowest BCUT2D eigenvalue weighted by atomic mass is 9.80. The second-order valence-corrected chi connectivity index (χ2v) is 5.16. The molecule has 1 aliphatic rings. The summed E-state index contributed by atoms with van der Waals surface area (Å²) >= 11 is 1.56. The smallest absolute Gasteiger partial charge is 0.203 e. The van der Waals surface area contributed by atoms with Crippen molar-refractivity contribution in [1.82, 2.24) is 10.2 Å². The third-order valence-corrected chi connectivity index (χ3v) is 4.08. The SMILES string of the molecule is CCC1CCCC(c2nnc(N)s2)C1. The number of hydrogen-bond donors (Lipinski definition) is 1. The molecule has 1 fully saturated rings. The predicted molar refractivity (Wildman–Crippen MR) is 59.3 cm³/mol. The summed E-state index contributed by atoms with van der Waals surface area (Å²) in [5, 5.41) is 9.80. The maximum Gasteiger partial charge on any atom is 0.203 e. The van der Waals surface area contributed by atoms with E-state index in [2.05, 4.69) is 17.1 Å². The van der Waals surface area contributed by atoms with Crippen LogP contribution in [-0.4, -0.2) is 10.2 Å². The summed E-state index contributed by atoms with van der Waals surface area (Å²) in [6, 6.07) is 0. The van der Waals surface area contributed by atoms with Crippen LogP contribution in [0.3, 0.4) is 0 Å². The standard InChI is InChI=1S/C10H17N3S/c1-2-7-4-3-5-8(6-7)9-12-13-10(11)14-9/h7-8H,2-6H2,1H3,(H2,11,13). The minimum absolute atomic E-state index is 0.610. The predicted octanol–water partition coefficient (Wildman–Crippen LogP) is 2.80. The summed E-state index contributed by atoms with van der Waals surface area (Å²) in [7, 11) is 0. The van der Waals surface area contributed by atoms with Crippen molar-refractivity contribution in [3.05, 3.63) is 5.01 Å². The van der Waals surface area contributed by atoms with E-state index in [1.165, 1.54) is 32.1 Å².